The van der Waals surface area contributed by atoms with E-state index >= 15 is 0 Å². The van der Waals surface area contributed by atoms with Crippen molar-refractivity contribution in [3.63, 3.8) is 0 Å². The molecule has 0 fully saturated rings. The highest BCUT2D eigenvalue weighted by atomic mass is 32.2. The summed E-state index contributed by atoms with van der Waals surface area (Å²) in [6, 6.07) is 0. The summed E-state index contributed by atoms with van der Waals surface area (Å²) in [5, 5.41) is 6.86. The van der Waals surface area contributed by atoms with Gasteiger partial charge in [0.25, 0.3) is 0 Å². The van der Waals surface area contributed by atoms with Crippen LogP contribution in [0.2, 0.25) is 0 Å². The minimum absolute atomic E-state index is 0.00823. The molecule has 19 heavy (non-hydrogen) atoms. The van der Waals surface area contributed by atoms with Crippen molar-refractivity contribution in [2.45, 2.75) is 31.6 Å². The van der Waals surface area contributed by atoms with Crippen LogP contribution in [-0.2, 0) is 24.3 Å². The third-order valence-corrected chi connectivity index (χ3v) is 4.62. The predicted octanol–water partition coefficient (Wildman–Crippen LogP) is 1.61. The Balaban J connectivity index is 1.52. The zero-order valence-corrected chi connectivity index (χ0v) is 12.2. The second kappa shape index (κ2) is 5.34. The largest absolute Gasteiger partial charge is 0.350 e. The van der Waals surface area contributed by atoms with Crippen molar-refractivity contribution in [2.75, 3.05) is 5.75 Å². The summed E-state index contributed by atoms with van der Waals surface area (Å²) in [6.07, 6.45) is 2.36. The van der Waals surface area contributed by atoms with Gasteiger partial charge in [0.1, 0.15) is 0 Å². The summed E-state index contributed by atoms with van der Waals surface area (Å²) >= 11 is 3.33. The minimum Gasteiger partial charge on any atom is -0.350 e. The molecule has 1 aliphatic rings. The van der Waals surface area contributed by atoms with Crippen molar-refractivity contribution in [3.8, 4) is 0 Å². The molecule has 100 valence electrons. The third-order valence-electron chi connectivity index (χ3n) is 2.83. The van der Waals surface area contributed by atoms with Crippen molar-refractivity contribution in [3.05, 3.63) is 28.0 Å². The van der Waals surface area contributed by atoms with E-state index in [0.717, 1.165) is 33.8 Å². The highest BCUT2D eigenvalue weighted by Gasteiger charge is 2.14. The molecule has 0 saturated heterocycles. The van der Waals surface area contributed by atoms with Crippen LogP contribution in [0.4, 0.5) is 0 Å². The number of amides is 1. The average molecular weight is 294 g/mol. The van der Waals surface area contributed by atoms with Gasteiger partial charge in [0, 0.05) is 23.9 Å². The average Bonchev–Trinajstić information content (AvgIpc) is 3.02. The number of rotatable bonds is 4. The van der Waals surface area contributed by atoms with Gasteiger partial charge in [-0.25, -0.2) is 9.97 Å². The Morgan fingerprint density at radius 1 is 1.47 bits per heavy atom. The van der Waals surface area contributed by atoms with Crippen LogP contribution in [0, 0.1) is 6.92 Å². The summed E-state index contributed by atoms with van der Waals surface area (Å²) in [4.78, 5) is 20.5. The number of thiazole rings is 1. The maximum absolute atomic E-state index is 11.8. The van der Waals surface area contributed by atoms with Gasteiger partial charge >= 0.3 is 0 Å². The summed E-state index contributed by atoms with van der Waals surface area (Å²) < 4.78 is 2.13. The Kier molecular flexibility index (Phi) is 3.56. The van der Waals surface area contributed by atoms with E-state index in [1.165, 1.54) is 0 Å². The molecule has 3 heterocycles. The lowest BCUT2D eigenvalue weighted by Gasteiger charge is -2.01. The smallest absolute Gasteiger partial charge is 0.226 e. The van der Waals surface area contributed by atoms with Crippen LogP contribution < -0.4 is 5.32 Å². The van der Waals surface area contributed by atoms with E-state index in [4.69, 9.17) is 0 Å². The molecule has 0 unspecified atom stereocenters. The molecule has 0 aliphatic carbocycles. The van der Waals surface area contributed by atoms with Crippen LogP contribution in [-0.4, -0.2) is 26.2 Å². The van der Waals surface area contributed by atoms with Crippen molar-refractivity contribution in [1.82, 2.24) is 19.9 Å². The molecule has 0 radical (unpaired) electrons. The van der Waals surface area contributed by atoms with Gasteiger partial charge < -0.3 is 9.88 Å². The van der Waals surface area contributed by atoms with Gasteiger partial charge in [-0.1, -0.05) is 11.8 Å². The Labute approximate surface area is 119 Å². The number of fused-ring (bicyclic) bond motifs is 1. The van der Waals surface area contributed by atoms with E-state index in [1.54, 1.807) is 23.1 Å². The fraction of sp³-hybridized carbons (Fsp3) is 0.417. The lowest BCUT2D eigenvalue weighted by molar-refractivity contribution is -0.120. The number of imidazole rings is 1. The lowest BCUT2D eigenvalue weighted by Crippen LogP contribution is -2.24. The van der Waals surface area contributed by atoms with Crippen LogP contribution in [0.1, 0.15) is 16.4 Å². The highest BCUT2D eigenvalue weighted by molar-refractivity contribution is 7.99. The summed E-state index contributed by atoms with van der Waals surface area (Å²) in [6.45, 7) is 3.44. The first-order valence-electron chi connectivity index (χ1n) is 6.07. The molecule has 5 nitrogen and oxygen atoms in total. The zero-order chi connectivity index (χ0) is 13.2. The number of nitrogens with one attached hydrogen (secondary N) is 1. The number of aromatic nitrogens is 3. The first kappa shape index (κ1) is 12.7. The Morgan fingerprint density at radius 2 is 2.37 bits per heavy atom. The fourth-order valence-electron chi connectivity index (χ4n) is 1.95. The van der Waals surface area contributed by atoms with E-state index in [1.807, 2.05) is 18.5 Å². The maximum atomic E-state index is 11.8. The van der Waals surface area contributed by atoms with Gasteiger partial charge in [-0.2, -0.15) is 0 Å². The predicted molar refractivity (Wildman–Crippen MR) is 75.4 cm³/mol. The first-order chi connectivity index (χ1) is 9.20. The van der Waals surface area contributed by atoms with Crippen molar-refractivity contribution in [1.29, 1.82) is 0 Å². The number of hydrogen-bond acceptors (Lipinski definition) is 5. The second-order valence-electron chi connectivity index (χ2n) is 4.37. The molecule has 1 amide bonds. The number of hydrogen-bond donors (Lipinski definition) is 1. The topological polar surface area (TPSA) is 59.8 Å². The highest BCUT2D eigenvalue weighted by Crippen LogP contribution is 2.24. The Hall–Kier alpha value is -1.34. The third kappa shape index (κ3) is 2.98. The Bertz CT molecular complexity index is 583. The van der Waals surface area contributed by atoms with Crippen LogP contribution in [0.25, 0.3) is 0 Å². The van der Waals surface area contributed by atoms with Crippen molar-refractivity contribution >= 4 is 29.0 Å². The van der Waals surface area contributed by atoms with Crippen LogP contribution in [0.15, 0.2) is 16.7 Å². The monoisotopic (exact) mass is 294 g/mol. The van der Waals surface area contributed by atoms with Gasteiger partial charge in [-0.3, -0.25) is 4.79 Å². The molecule has 1 aliphatic heterocycles. The molecular formula is C12H14N4OS2. The first-order valence-corrected chi connectivity index (χ1v) is 7.94. The minimum atomic E-state index is -0.00823. The molecule has 0 atom stereocenters. The number of carbonyl (C=O) groups is 1. The molecule has 0 aromatic carbocycles. The number of nitrogens with zero attached hydrogens (tertiary/aromatic N) is 3. The number of thioether (sulfide) groups is 1. The van der Waals surface area contributed by atoms with Gasteiger partial charge in [-0.15, -0.1) is 11.3 Å². The summed E-state index contributed by atoms with van der Waals surface area (Å²) in [7, 11) is 0. The lowest BCUT2D eigenvalue weighted by atomic mass is 10.3. The van der Waals surface area contributed by atoms with Crippen molar-refractivity contribution < 1.29 is 4.79 Å². The van der Waals surface area contributed by atoms with Gasteiger partial charge in [-0.05, 0) is 6.92 Å². The van der Waals surface area contributed by atoms with E-state index in [2.05, 4.69) is 19.9 Å². The van der Waals surface area contributed by atoms with Crippen molar-refractivity contribution in [2.24, 2.45) is 0 Å². The maximum Gasteiger partial charge on any atom is 0.226 e. The Morgan fingerprint density at radius 3 is 3.11 bits per heavy atom. The molecule has 2 aromatic rings. The molecule has 0 bridgehead atoms. The van der Waals surface area contributed by atoms with E-state index < -0.39 is 0 Å². The van der Waals surface area contributed by atoms with Gasteiger partial charge in [0.15, 0.2) is 5.16 Å². The van der Waals surface area contributed by atoms with E-state index in [9.17, 15) is 4.79 Å². The SMILES string of the molecule is Cc1nc(CC(=O)NCc2cn3c(n2)SCC3)cs1. The van der Waals surface area contributed by atoms with E-state index in [0.29, 0.717) is 13.0 Å². The zero-order valence-electron chi connectivity index (χ0n) is 10.5. The molecule has 7 heteroatoms. The molecule has 1 N–H and O–H groups in total. The molecule has 0 spiro atoms. The van der Waals surface area contributed by atoms with Gasteiger partial charge in [0.05, 0.1) is 29.4 Å². The summed E-state index contributed by atoms with van der Waals surface area (Å²) in [5.74, 6) is 1.09. The quantitative estimate of drug-likeness (QED) is 0.931. The normalized spacial score (nSPS) is 13.5. The fourth-order valence-corrected chi connectivity index (χ4v) is 3.53. The number of carbonyl (C=O) groups excluding carboxylic acids is 1. The van der Waals surface area contributed by atoms with E-state index in [-0.39, 0.29) is 5.91 Å². The molecule has 2 aromatic heterocycles. The van der Waals surface area contributed by atoms with Gasteiger partial charge in [0.2, 0.25) is 5.91 Å². The summed E-state index contributed by atoms with van der Waals surface area (Å²) in [5.41, 5.74) is 1.76. The standard InChI is InChI=1S/C12H14N4OS2/c1-8-14-9(7-19-8)4-11(17)13-5-10-6-16-2-3-18-12(16)15-10/h6-7H,2-5H2,1H3,(H,13,17). The second-order valence-corrected chi connectivity index (χ2v) is 6.49. The molecule has 3 rings (SSSR count). The number of aryl methyl sites for hydroxylation is 2. The van der Waals surface area contributed by atoms with Crippen LogP contribution in [0.3, 0.4) is 0 Å². The molecule has 0 saturated carbocycles. The molecular weight excluding hydrogens is 280 g/mol. The van der Waals surface area contributed by atoms with Crippen LogP contribution in [0.5, 0.6) is 0 Å². The van der Waals surface area contributed by atoms with Crippen LogP contribution >= 0.6 is 23.1 Å².